The summed E-state index contributed by atoms with van der Waals surface area (Å²) in [4.78, 5) is 7.18. The molecule has 92 valence electrons. The fraction of sp³-hybridized carbons (Fsp3) is 0.643. The van der Waals surface area contributed by atoms with E-state index in [4.69, 9.17) is 0 Å². The van der Waals surface area contributed by atoms with Gasteiger partial charge >= 0.3 is 0 Å². The number of hydrogen-bond donors (Lipinski definition) is 1. The first-order valence-electron chi connectivity index (χ1n) is 6.67. The molecule has 2 bridgehead atoms. The molecule has 2 atom stereocenters. The Labute approximate surface area is 103 Å². The van der Waals surface area contributed by atoms with Crippen LogP contribution in [0.1, 0.15) is 30.5 Å². The number of aromatic nitrogens is 1. The van der Waals surface area contributed by atoms with Crippen LogP contribution < -0.4 is 5.32 Å². The molecule has 1 saturated carbocycles. The van der Waals surface area contributed by atoms with Gasteiger partial charge in [-0.05, 0) is 43.9 Å². The SMILES string of the molecule is CNCc1ccc(CN2CC3CCC2C3)nc1. The van der Waals surface area contributed by atoms with Crippen LogP contribution in [0.3, 0.4) is 0 Å². The zero-order valence-electron chi connectivity index (χ0n) is 10.5. The van der Waals surface area contributed by atoms with Crippen LogP contribution in [0, 0.1) is 5.92 Å². The fourth-order valence-corrected chi connectivity index (χ4v) is 3.29. The highest BCUT2D eigenvalue weighted by molar-refractivity contribution is 5.14. The summed E-state index contributed by atoms with van der Waals surface area (Å²) < 4.78 is 0. The second-order valence-corrected chi connectivity index (χ2v) is 5.45. The minimum absolute atomic E-state index is 0.846. The Hall–Kier alpha value is -0.930. The third-order valence-corrected chi connectivity index (χ3v) is 4.15. The Morgan fingerprint density at radius 1 is 1.41 bits per heavy atom. The van der Waals surface area contributed by atoms with Crippen molar-refractivity contribution in [2.45, 2.75) is 38.4 Å². The first-order valence-corrected chi connectivity index (χ1v) is 6.67. The number of rotatable bonds is 4. The molecule has 2 unspecified atom stereocenters. The molecule has 3 nitrogen and oxygen atoms in total. The number of fused-ring (bicyclic) bond motifs is 2. The van der Waals surface area contributed by atoms with Gasteiger partial charge in [0.05, 0.1) is 5.69 Å². The maximum Gasteiger partial charge on any atom is 0.0544 e. The first kappa shape index (κ1) is 11.2. The summed E-state index contributed by atoms with van der Waals surface area (Å²) in [6.45, 7) is 3.24. The van der Waals surface area contributed by atoms with Crippen LogP contribution in [0.2, 0.25) is 0 Å². The average Bonchev–Trinajstić information content (AvgIpc) is 2.94. The van der Waals surface area contributed by atoms with Gasteiger partial charge in [0.2, 0.25) is 0 Å². The second-order valence-electron chi connectivity index (χ2n) is 5.45. The number of nitrogens with zero attached hydrogens (tertiary/aromatic N) is 2. The molecule has 1 aromatic rings. The molecule has 0 spiro atoms. The van der Waals surface area contributed by atoms with Crippen molar-refractivity contribution in [2.75, 3.05) is 13.6 Å². The van der Waals surface area contributed by atoms with Gasteiger partial charge < -0.3 is 5.32 Å². The molecule has 3 heteroatoms. The maximum atomic E-state index is 4.56. The smallest absolute Gasteiger partial charge is 0.0544 e. The van der Waals surface area contributed by atoms with E-state index in [0.29, 0.717) is 0 Å². The zero-order chi connectivity index (χ0) is 11.7. The van der Waals surface area contributed by atoms with E-state index in [1.165, 1.54) is 37.1 Å². The van der Waals surface area contributed by atoms with Crippen molar-refractivity contribution in [1.82, 2.24) is 15.2 Å². The standard InChI is InChI=1S/C14H21N3/c1-15-7-12-2-4-13(16-8-12)10-17-9-11-3-5-14(17)6-11/h2,4,8,11,14-15H,3,5-7,9-10H2,1H3. The van der Waals surface area contributed by atoms with Crippen LogP contribution in [0.25, 0.3) is 0 Å². The van der Waals surface area contributed by atoms with Crippen molar-refractivity contribution >= 4 is 0 Å². The number of likely N-dealkylation sites (tertiary alicyclic amines) is 1. The predicted molar refractivity (Wildman–Crippen MR) is 68.5 cm³/mol. The lowest BCUT2D eigenvalue weighted by Gasteiger charge is -2.26. The quantitative estimate of drug-likeness (QED) is 0.856. The minimum atomic E-state index is 0.846. The first-order chi connectivity index (χ1) is 8.35. The highest BCUT2D eigenvalue weighted by Crippen LogP contribution is 2.37. The van der Waals surface area contributed by atoms with Crippen molar-refractivity contribution in [3.8, 4) is 0 Å². The predicted octanol–water partition coefficient (Wildman–Crippen LogP) is 1.79. The normalized spacial score (nSPS) is 27.8. The Morgan fingerprint density at radius 2 is 2.35 bits per heavy atom. The van der Waals surface area contributed by atoms with Gasteiger partial charge in [0.1, 0.15) is 0 Å². The number of piperidine rings is 1. The van der Waals surface area contributed by atoms with Crippen LogP contribution in [0.5, 0.6) is 0 Å². The van der Waals surface area contributed by atoms with Crippen molar-refractivity contribution in [3.05, 3.63) is 29.6 Å². The summed E-state index contributed by atoms with van der Waals surface area (Å²) in [5.74, 6) is 0.976. The van der Waals surface area contributed by atoms with Gasteiger partial charge in [-0.25, -0.2) is 0 Å². The summed E-state index contributed by atoms with van der Waals surface area (Å²) in [6, 6.07) is 5.21. The van der Waals surface area contributed by atoms with Crippen LogP contribution in [-0.2, 0) is 13.1 Å². The summed E-state index contributed by atoms with van der Waals surface area (Å²) >= 11 is 0. The Balaban J connectivity index is 1.61. The third-order valence-electron chi connectivity index (χ3n) is 4.15. The lowest BCUT2D eigenvalue weighted by molar-refractivity contribution is 0.203. The van der Waals surface area contributed by atoms with Gasteiger partial charge in [-0.2, -0.15) is 0 Å². The van der Waals surface area contributed by atoms with E-state index < -0.39 is 0 Å². The molecule has 1 aliphatic carbocycles. The molecule has 1 N–H and O–H groups in total. The Bertz CT molecular complexity index is 374. The van der Waals surface area contributed by atoms with Gasteiger partial charge in [0.15, 0.2) is 0 Å². The second kappa shape index (κ2) is 4.75. The highest BCUT2D eigenvalue weighted by Gasteiger charge is 2.37. The monoisotopic (exact) mass is 231 g/mol. The minimum Gasteiger partial charge on any atom is -0.316 e. The summed E-state index contributed by atoms with van der Waals surface area (Å²) in [7, 11) is 1.97. The number of pyridine rings is 1. The van der Waals surface area contributed by atoms with E-state index in [-0.39, 0.29) is 0 Å². The van der Waals surface area contributed by atoms with Gasteiger partial charge in [0.25, 0.3) is 0 Å². The van der Waals surface area contributed by atoms with E-state index in [9.17, 15) is 0 Å². The molecule has 1 saturated heterocycles. The fourth-order valence-electron chi connectivity index (χ4n) is 3.29. The summed E-state index contributed by atoms with van der Waals surface area (Å²) in [5, 5.41) is 3.15. The molecule has 0 radical (unpaired) electrons. The van der Waals surface area contributed by atoms with Crippen molar-refractivity contribution in [1.29, 1.82) is 0 Å². The molecule has 1 aliphatic heterocycles. The Morgan fingerprint density at radius 3 is 2.94 bits per heavy atom. The molecule has 0 aromatic carbocycles. The molecule has 0 amide bonds. The van der Waals surface area contributed by atoms with Gasteiger partial charge in [-0.1, -0.05) is 6.07 Å². The van der Waals surface area contributed by atoms with E-state index in [1.807, 2.05) is 13.2 Å². The van der Waals surface area contributed by atoms with E-state index in [2.05, 4.69) is 27.3 Å². The largest absolute Gasteiger partial charge is 0.316 e. The summed E-state index contributed by atoms with van der Waals surface area (Å²) in [5.41, 5.74) is 2.48. The summed E-state index contributed by atoms with van der Waals surface area (Å²) in [6.07, 6.45) is 6.29. The van der Waals surface area contributed by atoms with Crippen LogP contribution in [-0.4, -0.2) is 29.5 Å². The van der Waals surface area contributed by atoms with E-state index >= 15 is 0 Å². The van der Waals surface area contributed by atoms with Crippen LogP contribution in [0.4, 0.5) is 0 Å². The molecule has 17 heavy (non-hydrogen) atoms. The van der Waals surface area contributed by atoms with Gasteiger partial charge in [-0.3, -0.25) is 9.88 Å². The molecule has 2 heterocycles. The molecular weight excluding hydrogens is 210 g/mol. The third kappa shape index (κ3) is 2.35. The Kier molecular flexibility index (Phi) is 3.12. The lowest BCUT2D eigenvalue weighted by Crippen LogP contribution is -2.31. The molecule has 2 fully saturated rings. The molecular formula is C14H21N3. The van der Waals surface area contributed by atoms with Gasteiger partial charge in [-0.15, -0.1) is 0 Å². The maximum absolute atomic E-state index is 4.56. The van der Waals surface area contributed by atoms with Crippen LogP contribution >= 0.6 is 0 Å². The van der Waals surface area contributed by atoms with Crippen molar-refractivity contribution in [2.24, 2.45) is 5.92 Å². The molecule has 2 aliphatic rings. The number of nitrogens with one attached hydrogen (secondary N) is 1. The molecule has 1 aromatic heterocycles. The van der Waals surface area contributed by atoms with Crippen molar-refractivity contribution < 1.29 is 0 Å². The zero-order valence-corrected chi connectivity index (χ0v) is 10.5. The van der Waals surface area contributed by atoms with E-state index in [0.717, 1.165) is 25.0 Å². The highest BCUT2D eigenvalue weighted by atomic mass is 15.2. The van der Waals surface area contributed by atoms with E-state index in [1.54, 1.807) is 0 Å². The topological polar surface area (TPSA) is 28.2 Å². The average molecular weight is 231 g/mol. The van der Waals surface area contributed by atoms with Crippen molar-refractivity contribution in [3.63, 3.8) is 0 Å². The van der Waals surface area contributed by atoms with Crippen LogP contribution in [0.15, 0.2) is 18.3 Å². The molecule has 3 rings (SSSR count). The lowest BCUT2D eigenvalue weighted by atomic mass is 10.1. The number of hydrogen-bond acceptors (Lipinski definition) is 3. The van der Waals surface area contributed by atoms with Gasteiger partial charge in [0, 0.05) is 31.9 Å².